The Morgan fingerprint density at radius 3 is 2.57 bits per heavy atom. The van der Waals surface area contributed by atoms with Crippen molar-refractivity contribution in [2.75, 3.05) is 7.11 Å². The quantitative estimate of drug-likeness (QED) is 0.482. The van der Waals surface area contributed by atoms with Gasteiger partial charge in [-0.1, -0.05) is 42.5 Å². The Kier molecular flexibility index (Phi) is 6.98. The summed E-state index contributed by atoms with van der Waals surface area (Å²) in [5, 5.41) is 20.3. The van der Waals surface area contributed by atoms with Gasteiger partial charge in [0.25, 0.3) is 5.91 Å². The molecule has 0 spiro atoms. The molecule has 3 aromatic rings. The molecule has 0 radical (unpaired) electrons. The molecule has 5 rings (SSSR count). The van der Waals surface area contributed by atoms with E-state index in [0.717, 1.165) is 53.5 Å². The zero-order valence-corrected chi connectivity index (χ0v) is 21.0. The van der Waals surface area contributed by atoms with Crippen molar-refractivity contribution in [2.45, 2.75) is 50.7 Å². The largest absolute Gasteiger partial charge is 0.507 e. The monoisotopic (exact) mass is 493 g/mol. The molecule has 3 aromatic carbocycles. The van der Waals surface area contributed by atoms with Gasteiger partial charge >= 0.3 is 0 Å². The van der Waals surface area contributed by atoms with Gasteiger partial charge < -0.3 is 20.5 Å². The van der Waals surface area contributed by atoms with Crippen molar-refractivity contribution in [3.8, 4) is 22.9 Å². The fourth-order valence-corrected chi connectivity index (χ4v) is 5.50. The molecule has 2 aliphatic carbocycles. The smallest absolute Gasteiger partial charge is 0.254 e. The third-order valence-electron chi connectivity index (χ3n) is 7.55. The van der Waals surface area contributed by atoms with E-state index < -0.39 is 0 Å². The highest BCUT2D eigenvalue weighted by Crippen LogP contribution is 2.36. The molecule has 0 saturated heterocycles. The second kappa shape index (κ2) is 10.5. The molecule has 1 fully saturated rings. The number of nitriles is 1. The van der Waals surface area contributed by atoms with Crippen LogP contribution in [0.2, 0.25) is 0 Å². The maximum atomic E-state index is 14.0. The zero-order valence-electron chi connectivity index (χ0n) is 21.0. The van der Waals surface area contributed by atoms with E-state index in [2.05, 4.69) is 6.07 Å². The predicted octanol–water partition coefficient (Wildman–Crippen LogP) is 5.36. The summed E-state index contributed by atoms with van der Waals surface area (Å²) >= 11 is 0. The first kappa shape index (κ1) is 24.6. The van der Waals surface area contributed by atoms with Crippen molar-refractivity contribution in [1.29, 1.82) is 5.26 Å². The molecule has 188 valence electrons. The molecule has 6 nitrogen and oxygen atoms in total. The number of nitrogens with zero attached hydrogens (tertiary/aromatic N) is 2. The number of fused-ring (bicyclic) bond motifs is 1. The van der Waals surface area contributed by atoms with Crippen molar-refractivity contribution < 1.29 is 14.6 Å². The van der Waals surface area contributed by atoms with E-state index in [-0.39, 0.29) is 23.8 Å². The third-order valence-corrected chi connectivity index (χ3v) is 7.55. The number of methoxy groups -OCH3 is 1. The van der Waals surface area contributed by atoms with Gasteiger partial charge in [-0.2, -0.15) is 5.26 Å². The molecular weight excluding hydrogens is 462 g/mol. The second-order valence-corrected chi connectivity index (χ2v) is 9.89. The molecule has 0 bridgehead atoms. The molecule has 1 amide bonds. The van der Waals surface area contributed by atoms with Gasteiger partial charge in [-0.05, 0) is 66.6 Å². The number of ether oxygens (including phenoxy) is 1. The van der Waals surface area contributed by atoms with Crippen molar-refractivity contribution in [1.82, 2.24) is 4.90 Å². The van der Waals surface area contributed by atoms with Gasteiger partial charge in [-0.25, -0.2) is 0 Å². The fraction of sp³-hybridized carbons (Fsp3) is 0.290. The number of hydrogen-bond donors (Lipinski definition) is 2. The Morgan fingerprint density at radius 2 is 1.84 bits per heavy atom. The molecule has 37 heavy (non-hydrogen) atoms. The molecule has 0 heterocycles. The first-order chi connectivity index (χ1) is 18.0. The minimum absolute atomic E-state index is 0.0452. The van der Waals surface area contributed by atoms with Crippen LogP contribution in [0.15, 0.2) is 72.3 Å². The summed E-state index contributed by atoms with van der Waals surface area (Å²) in [6, 6.07) is 23.4. The Hall–Kier alpha value is -4.08. The Balaban J connectivity index is 1.49. The Labute approximate surface area is 217 Å². The summed E-state index contributed by atoms with van der Waals surface area (Å²) in [4.78, 5) is 15.9. The molecule has 2 aliphatic rings. The van der Waals surface area contributed by atoms with Crippen LogP contribution in [0, 0.1) is 11.3 Å². The first-order valence-corrected chi connectivity index (χ1v) is 12.7. The lowest BCUT2D eigenvalue weighted by Crippen LogP contribution is -2.44. The number of carbonyl (C=O) groups excluding carboxylic acids is 1. The lowest BCUT2D eigenvalue weighted by Gasteiger charge is -2.36. The number of nitrogens with two attached hydrogens (primary N) is 1. The summed E-state index contributed by atoms with van der Waals surface area (Å²) in [6.07, 6.45) is 3.84. The van der Waals surface area contributed by atoms with Crippen LogP contribution in [-0.2, 0) is 17.8 Å². The molecular formula is C31H31N3O3. The molecule has 6 heteroatoms. The van der Waals surface area contributed by atoms with Crippen LogP contribution < -0.4 is 10.5 Å². The van der Waals surface area contributed by atoms with Gasteiger partial charge in [0.15, 0.2) is 0 Å². The summed E-state index contributed by atoms with van der Waals surface area (Å²) in [5.41, 5.74) is 11.6. The van der Waals surface area contributed by atoms with Crippen molar-refractivity contribution >= 4 is 11.7 Å². The van der Waals surface area contributed by atoms with Crippen LogP contribution in [0.3, 0.4) is 0 Å². The number of carbonyl (C=O) groups is 1. The average Bonchev–Trinajstić information content (AvgIpc) is 3.28. The topological polar surface area (TPSA) is 99.6 Å². The molecule has 0 aromatic heterocycles. The fourth-order valence-electron chi connectivity index (χ4n) is 5.50. The van der Waals surface area contributed by atoms with Gasteiger partial charge in [0.05, 0.1) is 24.3 Å². The first-order valence-electron chi connectivity index (χ1n) is 12.7. The normalized spacial score (nSPS) is 18.7. The van der Waals surface area contributed by atoms with Crippen LogP contribution in [0.1, 0.15) is 47.9 Å². The average molecular weight is 494 g/mol. The number of benzene rings is 3. The second-order valence-electron chi connectivity index (χ2n) is 9.89. The lowest BCUT2D eigenvalue weighted by molar-refractivity contribution is -0.131. The molecule has 3 N–H and O–H groups in total. The molecule has 1 saturated carbocycles. The lowest BCUT2D eigenvalue weighted by atomic mass is 9.89. The molecule has 0 atom stereocenters. The summed E-state index contributed by atoms with van der Waals surface area (Å²) < 4.78 is 5.62. The van der Waals surface area contributed by atoms with E-state index in [1.807, 2.05) is 65.6 Å². The standard InChI is InChI=1S/C31H31N3O3/c1-37-29-14-9-21(16-27(29)22-7-4-5-20(15-22)18-32)19-34(25-12-10-24(33)11-13-25)31(36)28-17-23-6-2-3-8-26(23)30(28)35/h2-9,14-16,24-25,35H,10-13,17,19,33H2,1H3. The van der Waals surface area contributed by atoms with E-state index in [1.165, 1.54) is 0 Å². The van der Waals surface area contributed by atoms with E-state index in [1.54, 1.807) is 13.2 Å². The predicted molar refractivity (Wildman–Crippen MR) is 144 cm³/mol. The Morgan fingerprint density at radius 1 is 1.05 bits per heavy atom. The van der Waals surface area contributed by atoms with Crippen molar-refractivity contribution in [2.24, 2.45) is 5.73 Å². The van der Waals surface area contributed by atoms with Crippen molar-refractivity contribution in [3.63, 3.8) is 0 Å². The maximum Gasteiger partial charge on any atom is 0.254 e. The van der Waals surface area contributed by atoms with Gasteiger partial charge in [-0.3, -0.25) is 4.79 Å². The van der Waals surface area contributed by atoms with Gasteiger partial charge in [0, 0.05) is 36.2 Å². The highest BCUT2D eigenvalue weighted by molar-refractivity contribution is 6.02. The zero-order chi connectivity index (χ0) is 25.9. The Bertz CT molecular complexity index is 1400. The van der Waals surface area contributed by atoms with Gasteiger partial charge in [0.2, 0.25) is 0 Å². The van der Waals surface area contributed by atoms with E-state index >= 15 is 0 Å². The number of aliphatic hydroxyl groups is 1. The molecule has 0 aliphatic heterocycles. The van der Waals surface area contributed by atoms with Gasteiger partial charge in [0.1, 0.15) is 11.5 Å². The highest BCUT2D eigenvalue weighted by atomic mass is 16.5. The molecule has 0 unspecified atom stereocenters. The maximum absolute atomic E-state index is 14.0. The number of amides is 1. The summed E-state index contributed by atoms with van der Waals surface area (Å²) in [6.45, 7) is 0.404. The van der Waals surface area contributed by atoms with E-state index in [9.17, 15) is 15.2 Å². The number of aliphatic hydroxyl groups excluding tert-OH is 1. The van der Waals surface area contributed by atoms with E-state index in [0.29, 0.717) is 29.9 Å². The van der Waals surface area contributed by atoms with Crippen LogP contribution in [0.5, 0.6) is 5.75 Å². The van der Waals surface area contributed by atoms with E-state index in [4.69, 9.17) is 10.5 Å². The van der Waals surface area contributed by atoms with Crippen molar-refractivity contribution in [3.05, 3.63) is 94.6 Å². The third kappa shape index (κ3) is 4.96. The SMILES string of the molecule is COc1ccc(CN(C(=O)C2=C(O)c3ccccc3C2)C2CCC(N)CC2)cc1-c1cccc(C#N)c1. The number of hydrogen-bond acceptors (Lipinski definition) is 5. The number of rotatable bonds is 6. The minimum Gasteiger partial charge on any atom is -0.507 e. The summed E-state index contributed by atoms with van der Waals surface area (Å²) in [5.74, 6) is 0.659. The van der Waals surface area contributed by atoms with Crippen LogP contribution in [0.4, 0.5) is 0 Å². The summed E-state index contributed by atoms with van der Waals surface area (Å²) in [7, 11) is 1.63. The highest BCUT2D eigenvalue weighted by Gasteiger charge is 2.34. The minimum atomic E-state index is -0.127. The van der Waals surface area contributed by atoms with Crippen LogP contribution in [-0.4, -0.2) is 35.1 Å². The van der Waals surface area contributed by atoms with Crippen LogP contribution >= 0.6 is 0 Å². The van der Waals surface area contributed by atoms with Gasteiger partial charge in [-0.15, -0.1) is 0 Å². The van der Waals surface area contributed by atoms with Crippen LogP contribution in [0.25, 0.3) is 16.9 Å².